The number of hydrogen-bond acceptors (Lipinski definition) is 6. The highest BCUT2D eigenvalue weighted by Crippen LogP contribution is 2.32. The lowest BCUT2D eigenvalue weighted by atomic mass is 10.1. The summed E-state index contributed by atoms with van der Waals surface area (Å²) in [6.07, 6.45) is 2.57. The van der Waals surface area contributed by atoms with Crippen molar-refractivity contribution >= 4 is 18.0 Å². The maximum atomic E-state index is 12.1. The van der Waals surface area contributed by atoms with Gasteiger partial charge in [-0.05, 0) is 48.4 Å². The number of esters is 1. The second-order valence-electron chi connectivity index (χ2n) is 6.58. The molecule has 7 nitrogen and oxygen atoms in total. The number of benzene rings is 2. The first kappa shape index (κ1) is 22.1. The smallest absolute Gasteiger partial charge is 0.387 e. The Morgan fingerprint density at radius 2 is 1.81 bits per heavy atom. The monoisotopic (exact) mass is 433 g/mol. The lowest BCUT2D eigenvalue weighted by Crippen LogP contribution is -2.31. The predicted molar refractivity (Wildman–Crippen MR) is 107 cm³/mol. The van der Waals surface area contributed by atoms with Crippen LogP contribution < -0.4 is 19.5 Å². The van der Waals surface area contributed by atoms with Gasteiger partial charge in [-0.3, -0.25) is 4.79 Å². The van der Waals surface area contributed by atoms with Gasteiger partial charge in [0.25, 0.3) is 5.91 Å². The number of rotatable bonds is 8. The number of fused-ring (bicyclic) bond motifs is 1. The zero-order valence-electron chi connectivity index (χ0n) is 16.7. The number of ether oxygens (including phenoxy) is 4. The number of amides is 1. The Morgan fingerprint density at radius 3 is 2.52 bits per heavy atom. The van der Waals surface area contributed by atoms with Gasteiger partial charge in [0.1, 0.15) is 19.0 Å². The zero-order valence-corrected chi connectivity index (χ0v) is 16.7. The fraction of sp³-hybridized carbons (Fsp3) is 0.273. The highest BCUT2D eigenvalue weighted by atomic mass is 19.3. The molecule has 0 radical (unpaired) electrons. The summed E-state index contributed by atoms with van der Waals surface area (Å²) in [5, 5.41) is 2.74. The zero-order chi connectivity index (χ0) is 22.2. The van der Waals surface area contributed by atoms with Crippen molar-refractivity contribution in [1.29, 1.82) is 0 Å². The summed E-state index contributed by atoms with van der Waals surface area (Å²) >= 11 is 0. The standard InChI is InChI=1S/C22H21F2NO6/c1-14(16-5-8-18-19(12-16)29-11-10-28-18)25-20(26)13-30-21(27)9-4-15-2-6-17(7-3-15)31-22(23)24/h2-9,12,14,22H,10-11,13H2,1H3,(H,25,26)/b9-4+. The Kier molecular flexibility index (Phi) is 7.42. The molecule has 1 heterocycles. The van der Waals surface area contributed by atoms with Gasteiger partial charge in [-0.25, -0.2) is 4.79 Å². The van der Waals surface area contributed by atoms with Crippen molar-refractivity contribution in [2.45, 2.75) is 19.6 Å². The number of carbonyl (C=O) groups is 2. The molecule has 3 rings (SSSR count). The van der Waals surface area contributed by atoms with Gasteiger partial charge in [0, 0.05) is 6.08 Å². The molecular formula is C22H21F2NO6. The van der Waals surface area contributed by atoms with Crippen LogP contribution in [0.3, 0.4) is 0 Å². The number of hydrogen-bond donors (Lipinski definition) is 1. The molecule has 1 N–H and O–H groups in total. The van der Waals surface area contributed by atoms with E-state index >= 15 is 0 Å². The Bertz CT molecular complexity index is 946. The van der Waals surface area contributed by atoms with E-state index in [1.54, 1.807) is 19.1 Å². The molecule has 2 aromatic rings. The van der Waals surface area contributed by atoms with Crippen molar-refractivity contribution in [2.75, 3.05) is 19.8 Å². The molecule has 9 heteroatoms. The second kappa shape index (κ2) is 10.4. The summed E-state index contributed by atoms with van der Waals surface area (Å²) in [5.41, 5.74) is 1.40. The first-order valence-electron chi connectivity index (χ1n) is 9.49. The molecule has 1 unspecified atom stereocenters. The lowest BCUT2D eigenvalue weighted by molar-refractivity contribution is -0.144. The van der Waals surface area contributed by atoms with Gasteiger partial charge in [-0.2, -0.15) is 8.78 Å². The first-order chi connectivity index (χ1) is 14.9. The summed E-state index contributed by atoms with van der Waals surface area (Å²) in [7, 11) is 0. The van der Waals surface area contributed by atoms with Gasteiger partial charge in [-0.15, -0.1) is 0 Å². The predicted octanol–water partition coefficient (Wildman–Crippen LogP) is 3.49. The van der Waals surface area contributed by atoms with Crippen LogP contribution in [-0.4, -0.2) is 38.3 Å². The van der Waals surface area contributed by atoms with Crippen LogP contribution in [0.1, 0.15) is 24.1 Å². The van der Waals surface area contributed by atoms with Gasteiger partial charge in [-0.1, -0.05) is 18.2 Å². The van der Waals surface area contributed by atoms with Crippen molar-refractivity contribution in [3.63, 3.8) is 0 Å². The Morgan fingerprint density at radius 1 is 1.10 bits per heavy atom. The number of carbonyl (C=O) groups excluding carboxylic acids is 2. The van der Waals surface area contributed by atoms with E-state index in [4.69, 9.17) is 14.2 Å². The largest absolute Gasteiger partial charge is 0.486 e. The molecule has 0 aliphatic carbocycles. The highest BCUT2D eigenvalue weighted by molar-refractivity contribution is 5.89. The molecule has 0 saturated heterocycles. The van der Waals surface area contributed by atoms with E-state index in [0.29, 0.717) is 30.3 Å². The normalized spacial score (nSPS) is 13.7. The van der Waals surface area contributed by atoms with Gasteiger partial charge in [0.2, 0.25) is 0 Å². The second-order valence-corrected chi connectivity index (χ2v) is 6.58. The summed E-state index contributed by atoms with van der Waals surface area (Å²) in [5.74, 6) is 0.117. The maximum Gasteiger partial charge on any atom is 0.387 e. The van der Waals surface area contributed by atoms with Crippen molar-refractivity contribution < 1.29 is 37.3 Å². The summed E-state index contributed by atoms with van der Waals surface area (Å²) in [6, 6.07) is 10.8. The Hall–Kier alpha value is -3.62. The van der Waals surface area contributed by atoms with E-state index in [2.05, 4.69) is 10.1 Å². The maximum absolute atomic E-state index is 12.1. The van der Waals surface area contributed by atoms with Crippen LogP contribution in [0.4, 0.5) is 8.78 Å². The van der Waals surface area contributed by atoms with E-state index in [1.807, 2.05) is 6.07 Å². The number of nitrogens with one attached hydrogen (secondary N) is 1. The average molecular weight is 433 g/mol. The number of halogens is 2. The van der Waals surface area contributed by atoms with Gasteiger partial charge < -0.3 is 24.3 Å². The van der Waals surface area contributed by atoms with Gasteiger partial charge in [0.15, 0.2) is 18.1 Å². The lowest BCUT2D eigenvalue weighted by Gasteiger charge is -2.21. The third-order valence-electron chi connectivity index (χ3n) is 4.31. The molecular weight excluding hydrogens is 412 g/mol. The van der Waals surface area contributed by atoms with Crippen LogP contribution in [0.5, 0.6) is 17.2 Å². The third-order valence-corrected chi connectivity index (χ3v) is 4.31. The van der Waals surface area contributed by atoms with E-state index in [9.17, 15) is 18.4 Å². The SMILES string of the molecule is CC(NC(=O)COC(=O)/C=C/c1ccc(OC(F)F)cc1)c1ccc2c(c1)OCCO2. The quantitative estimate of drug-likeness (QED) is 0.507. The van der Waals surface area contributed by atoms with Crippen LogP contribution >= 0.6 is 0 Å². The van der Waals surface area contributed by atoms with Crippen molar-refractivity contribution in [3.05, 3.63) is 59.7 Å². The molecule has 1 atom stereocenters. The van der Waals surface area contributed by atoms with Crippen molar-refractivity contribution in [1.82, 2.24) is 5.32 Å². The molecule has 0 aromatic heterocycles. The Balaban J connectivity index is 1.44. The van der Waals surface area contributed by atoms with Crippen LogP contribution in [0, 0.1) is 0 Å². The minimum atomic E-state index is -2.90. The van der Waals surface area contributed by atoms with Crippen molar-refractivity contribution in [2.24, 2.45) is 0 Å². The molecule has 0 fully saturated rings. The van der Waals surface area contributed by atoms with E-state index in [-0.39, 0.29) is 11.8 Å². The molecule has 1 aliphatic rings. The molecule has 0 bridgehead atoms. The van der Waals surface area contributed by atoms with Crippen LogP contribution in [-0.2, 0) is 14.3 Å². The minimum absolute atomic E-state index is 0.0125. The van der Waals surface area contributed by atoms with E-state index in [0.717, 1.165) is 11.6 Å². The molecule has 31 heavy (non-hydrogen) atoms. The van der Waals surface area contributed by atoms with E-state index < -0.39 is 25.1 Å². The van der Waals surface area contributed by atoms with Gasteiger partial charge >= 0.3 is 12.6 Å². The van der Waals surface area contributed by atoms with Crippen LogP contribution in [0.15, 0.2) is 48.5 Å². The molecule has 164 valence electrons. The fourth-order valence-corrected chi connectivity index (χ4v) is 2.81. The first-order valence-corrected chi connectivity index (χ1v) is 9.49. The molecule has 2 aromatic carbocycles. The highest BCUT2D eigenvalue weighted by Gasteiger charge is 2.16. The van der Waals surface area contributed by atoms with E-state index in [1.165, 1.54) is 30.3 Å². The summed E-state index contributed by atoms with van der Waals surface area (Å²) < 4.78 is 44.4. The topological polar surface area (TPSA) is 83.1 Å². The van der Waals surface area contributed by atoms with Crippen molar-refractivity contribution in [3.8, 4) is 17.2 Å². The van der Waals surface area contributed by atoms with Gasteiger partial charge in [0.05, 0.1) is 6.04 Å². The Labute approximate surface area is 177 Å². The summed E-state index contributed by atoms with van der Waals surface area (Å²) in [4.78, 5) is 23.9. The third kappa shape index (κ3) is 6.70. The van der Waals surface area contributed by atoms with Crippen LogP contribution in [0.2, 0.25) is 0 Å². The minimum Gasteiger partial charge on any atom is -0.486 e. The molecule has 0 saturated carbocycles. The van der Waals surface area contributed by atoms with Crippen LogP contribution in [0.25, 0.3) is 6.08 Å². The molecule has 0 spiro atoms. The molecule has 1 amide bonds. The molecule has 1 aliphatic heterocycles. The fourth-order valence-electron chi connectivity index (χ4n) is 2.81. The average Bonchev–Trinajstić information content (AvgIpc) is 2.76. The summed E-state index contributed by atoms with van der Waals surface area (Å²) in [6.45, 7) is -0.587. The number of alkyl halides is 2.